The Morgan fingerprint density at radius 3 is 2.94 bits per heavy atom. The van der Waals surface area contributed by atoms with Crippen LogP contribution in [0, 0.1) is 11.8 Å². The van der Waals surface area contributed by atoms with Crippen molar-refractivity contribution in [2.24, 2.45) is 17.6 Å². The molecule has 5 heteroatoms. The van der Waals surface area contributed by atoms with Crippen LogP contribution in [0.1, 0.15) is 25.7 Å². The zero-order valence-corrected chi connectivity index (χ0v) is 9.09. The summed E-state index contributed by atoms with van der Waals surface area (Å²) in [6.07, 6.45) is 2.49. The van der Waals surface area contributed by atoms with Crippen molar-refractivity contribution in [1.82, 2.24) is 0 Å². The van der Waals surface area contributed by atoms with E-state index >= 15 is 0 Å². The van der Waals surface area contributed by atoms with E-state index in [-0.39, 0.29) is 18.3 Å². The highest BCUT2D eigenvalue weighted by Gasteiger charge is 2.46. The van der Waals surface area contributed by atoms with E-state index in [2.05, 4.69) is 0 Å². The molecule has 1 aliphatic heterocycles. The maximum Gasteiger partial charge on any atom is 0.320 e. The smallest absolute Gasteiger partial charge is 0.320 e. The summed E-state index contributed by atoms with van der Waals surface area (Å²) in [4.78, 5) is 22.1. The van der Waals surface area contributed by atoms with Gasteiger partial charge in [0.2, 0.25) is 0 Å². The number of aliphatic carboxylic acids is 1. The number of hydrogen-bond donors (Lipinski definition) is 2. The van der Waals surface area contributed by atoms with E-state index in [1.54, 1.807) is 0 Å². The highest BCUT2D eigenvalue weighted by atomic mass is 16.5. The van der Waals surface area contributed by atoms with E-state index < -0.39 is 12.0 Å². The lowest BCUT2D eigenvalue weighted by atomic mass is 10.0. The summed E-state index contributed by atoms with van der Waals surface area (Å²) >= 11 is 0. The van der Waals surface area contributed by atoms with Crippen molar-refractivity contribution >= 4 is 11.8 Å². The van der Waals surface area contributed by atoms with Gasteiger partial charge in [0.05, 0.1) is 6.10 Å². The molecule has 0 aromatic rings. The number of hydrogen-bond acceptors (Lipinski definition) is 4. The fourth-order valence-electron chi connectivity index (χ4n) is 2.40. The van der Waals surface area contributed by atoms with E-state index in [4.69, 9.17) is 15.6 Å². The van der Waals surface area contributed by atoms with Crippen molar-refractivity contribution in [3.8, 4) is 0 Å². The van der Waals surface area contributed by atoms with Gasteiger partial charge in [-0.05, 0) is 24.7 Å². The van der Waals surface area contributed by atoms with E-state index in [0.29, 0.717) is 12.3 Å². The predicted molar refractivity (Wildman–Crippen MR) is 55.8 cm³/mol. The van der Waals surface area contributed by atoms with Gasteiger partial charge in [0, 0.05) is 19.4 Å². The first kappa shape index (κ1) is 11.5. The molecule has 0 radical (unpaired) electrons. The number of carbonyl (C=O) groups is 2. The summed E-state index contributed by atoms with van der Waals surface area (Å²) in [5.41, 5.74) is 5.31. The number of rotatable bonds is 5. The zero-order chi connectivity index (χ0) is 11.7. The van der Waals surface area contributed by atoms with Gasteiger partial charge in [-0.15, -0.1) is 0 Å². The van der Waals surface area contributed by atoms with Crippen molar-refractivity contribution in [2.75, 3.05) is 6.61 Å². The van der Waals surface area contributed by atoms with Crippen LogP contribution in [0.3, 0.4) is 0 Å². The maximum atomic E-state index is 11.6. The van der Waals surface area contributed by atoms with Crippen LogP contribution >= 0.6 is 0 Å². The lowest BCUT2D eigenvalue weighted by molar-refractivity contribution is -0.140. The molecule has 0 aromatic carbocycles. The first-order chi connectivity index (χ1) is 7.58. The summed E-state index contributed by atoms with van der Waals surface area (Å²) < 4.78 is 5.54. The SMILES string of the molecule is NC(CC(=O)CC1OCCC2C[C@H]21)C(=O)O. The molecule has 5 nitrogen and oxygen atoms in total. The van der Waals surface area contributed by atoms with Gasteiger partial charge in [-0.2, -0.15) is 0 Å². The minimum Gasteiger partial charge on any atom is -0.480 e. The molecule has 0 amide bonds. The van der Waals surface area contributed by atoms with Crippen LogP contribution in [0.4, 0.5) is 0 Å². The summed E-state index contributed by atoms with van der Waals surface area (Å²) in [6, 6.07) is -1.08. The third-order valence-corrected chi connectivity index (χ3v) is 3.47. The number of carboxylic acids is 1. The van der Waals surface area contributed by atoms with Gasteiger partial charge in [-0.25, -0.2) is 0 Å². The number of carbonyl (C=O) groups excluding carboxylic acids is 1. The second kappa shape index (κ2) is 4.51. The van der Waals surface area contributed by atoms with Crippen LogP contribution in [0.5, 0.6) is 0 Å². The molecule has 4 atom stereocenters. The molecule has 0 spiro atoms. The number of ether oxygens (including phenoxy) is 1. The Bertz CT molecular complexity index is 304. The number of nitrogens with two attached hydrogens (primary N) is 1. The van der Waals surface area contributed by atoms with Crippen LogP contribution in [0.2, 0.25) is 0 Å². The standard InChI is InChI=1S/C11H17NO4/c12-9(11(14)15)4-7(13)5-10-8-3-6(8)1-2-16-10/h6,8-10H,1-5,12H2,(H,14,15)/t6?,8-,9?,10?/m1/s1. The quantitative estimate of drug-likeness (QED) is 0.699. The predicted octanol–water partition coefficient (Wildman–Crippen LogP) is 0.173. The largest absolute Gasteiger partial charge is 0.480 e. The fourth-order valence-corrected chi connectivity index (χ4v) is 2.40. The van der Waals surface area contributed by atoms with E-state index in [1.807, 2.05) is 0 Å². The first-order valence-electron chi connectivity index (χ1n) is 5.69. The molecule has 1 heterocycles. The Morgan fingerprint density at radius 2 is 2.25 bits per heavy atom. The third kappa shape index (κ3) is 2.59. The molecule has 3 N–H and O–H groups in total. The molecule has 2 aliphatic rings. The number of ketones is 1. The molecule has 2 rings (SSSR count). The summed E-state index contributed by atoms with van der Waals surface area (Å²) in [5, 5.41) is 8.59. The van der Waals surface area contributed by atoms with Gasteiger partial charge in [-0.1, -0.05) is 0 Å². The normalized spacial score (nSPS) is 33.9. The zero-order valence-electron chi connectivity index (χ0n) is 9.09. The van der Waals surface area contributed by atoms with Crippen molar-refractivity contribution in [3.63, 3.8) is 0 Å². The monoisotopic (exact) mass is 227 g/mol. The van der Waals surface area contributed by atoms with Gasteiger partial charge < -0.3 is 15.6 Å². The van der Waals surface area contributed by atoms with Crippen LogP contribution in [-0.2, 0) is 14.3 Å². The molecule has 90 valence electrons. The second-order valence-corrected chi connectivity index (χ2v) is 4.75. The maximum absolute atomic E-state index is 11.6. The van der Waals surface area contributed by atoms with Crippen molar-refractivity contribution < 1.29 is 19.4 Å². The lowest BCUT2D eigenvalue weighted by Crippen LogP contribution is -2.34. The molecule has 1 saturated heterocycles. The molecule has 2 fully saturated rings. The van der Waals surface area contributed by atoms with Gasteiger partial charge in [0.1, 0.15) is 11.8 Å². The Kier molecular flexibility index (Phi) is 3.25. The Hall–Kier alpha value is -0.940. The third-order valence-electron chi connectivity index (χ3n) is 3.47. The fraction of sp³-hybridized carbons (Fsp3) is 0.818. The number of Topliss-reactive ketones (excluding diaryl/α,β-unsaturated/α-hetero) is 1. The highest BCUT2D eigenvalue weighted by Crippen LogP contribution is 2.48. The molecule has 0 bridgehead atoms. The molecule has 1 saturated carbocycles. The Labute approximate surface area is 93.9 Å². The Balaban J connectivity index is 1.76. The van der Waals surface area contributed by atoms with Crippen molar-refractivity contribution in [1.29, 1.82) is 0 Å². The molecular weight excluding hydrogens is 210 g/mol. The van der Waals surface area contributed by atoms with Crippen LogP contribution in [0.25, 0.3) is 0 Å². The minimum absolute atomic E-state index is 0.00671. The topological polar surface area (TPSA) is 89.6 Å². The lowest BCUT2D eigenvalue weighted by Gasteiger charge is -2.21. The van der Waals surface area contributed by atoms with Crippen LogP contribution in [-0.4, -0.2) is 35.6 Å². The number of fused-ring (bicyclic) bond motifs is 1. The molecule has 0 aromatic heterocycles. The van der Waals surface area contributed by atoms with Gasteiger partial charge in [0.15, 0.2) is 0 Å². The molecular formula is C11H17NO4. The molecule has 3 unspecified atom stereocenters. The number of carboxylic acid groups (broad SMARTS) is 1. The van der Waals surface area contributed by atoms with Gasteiger partial charge in [0.25, 0.3) is 0 Å². The summed E-state index contributed by atoms with van der Waals surface area (Å²) in [5.74, 6) is 0.0353. The average Bonchev–Trinajstić information content (AvgIpc) is 2.97. The summed E-state index contributed by atoms with van der Waals surface area (Å²) in [6.45, 7) is 0.726. The molecule has 16 heavy (non-hydrogen) atoms. The minimum atomic E-state index is -1.12. The molecule has 1 aliphatic carbocycles. The second-order valence-electron chi connectivity index (χ2n) is 4.75. The van der Waals surface area contributed by atoms with Gasteiger partial charge in [-0.3, -0.25) is 9.59 Å². The van der Waals surface area contributed by atoms with Crippen molar-refractivity contribution in [2.45, 2.75) is 37.8 Å². The van der Waals surface area contributed by atoms with Gasteiger partial charge >= 0.3 is 5.97 Å². The van der Waals surface area contributed by atoms with E-state index in [1.165, 1.54) is 0 Å². The van der Waals surface area contributed by atoms with Crippen molar-refractivity contribution in [3.05, 3.63) is 0 Å². The van der Waals surface area contributed by atoms with E-state index in [0.717, 1.165) is 25.4 Å². The van der Waals surface area contributed by atoms with Crippen LogP contribution in [0.15, 0.2) is 0 Å². The average molecular weight is 227 g/mol. The first-order valence-corrected chi connectivity index (χ1v) is 5.69. The van der Waals surface area contributed by atoms with Crippen LogP contribution < -0.4 is 5.73 Å². The highest BCUT2D eigenvalue weighted by molar-refractivity contribution is 5.85. The Morgan fingerprint density at radius 1 is 1.50 bits per heavy atom. The summed E-state index contributed by atoms with van der Waals surface area (Å²) in [7, 11) is 0. The van der Waals surface area contributed by atoms with E-state index in [9.17, 15) is 9.59 Å².